The van der Waals surface area contributed by atoms with Gasteiger partial charge in [-0.05, 0) is 30.2 Å². The number of nitro benzene ring substituents is 1. The topological polar surface area (TPSA) is 96.4 Å². The molecule has 106 valence electrons. The highest BCUT2D eigenvalue weighted by Crippen LogP contribution is 2.28. The van der Waals surface area contributed by atoms with Gasteiger partial charge in [0, 0.05) is 18.7 Å². The zero-order valence-corrected chi connectivity index (χ0v) is 11.0. The summed E-state index contributed by atoms with van der Waals surface area (Å²) < 4.78 is 5.56. The summed E-state index contributed by atoms with van der Waals surface area (Å²) in [5.41, 5.74) is 0.912. The molecular weight excluding hydrogens is 272 g/mol. The molecule has 0 heterocycles. The van der Waals surface area contributed by atoms with Crippen molar-refractivity contribution in [1.82, 2.24) is 0 Å². The van der Waals surface area contributed by atoms with Crippen molar-refractivity contribution in [2.45, 2.75) is 6.42 Å². The van der Waals surface area contributed by atoms with Crippen LogP contribution in [-0.4, -0.2) is 16.6 Å². The number of aliphatic hydroxyl groups excluding tert-OH is 1. The Bertz CT molecular complexity index is 690. The van der Waals surface area contributed by atoms with Gasteiger partial charge in [-0.25, -0.2) is 0 Å². The largest absolute Gasteiger partial charge is 0.456 e. The summed E-state index contributed by atoms with van der Waals surface area (Å²) in [6, 6.07) is 12.8. The number of aliphatic hydroxyl groups is 1. The van der Waals surface area contributed by atoms with Crippen LogP contribution in [0.25, 0.3) is 0 Å². The first-order valence-electron chi connectivity index (χ1n) is 6.20. The number of non-ortho nitro benzene ring substituents is 1. The van der Waals surface area contributed by atoms with E-state index in [2.05, 4.69) is 0 Å². The molecule has 0 fully saturated rings. The Morgan fingerprint density at radius 2 is 1.95 bits per heavy atom. The number of hydrogen-bond acceptors (Lipinski definition) is 5. The van der Waals surface area contributed by atoms with E-state index in [1.807, 2.05) is 18.2 Å². The van der Waals surface area contributed by atoms with Gasteiger partial charge in [-0.3, -0.25) is 10.1 Å². The Morgan fingerprint density at radius 1 is 1.24 bits per heavy atom. The number of nitro groups is 1. The highest BCUT2D eigenvalue weighted by molar-refractivity contribution is 5.51. The zero-order chi connectivity index (χ0) is 15.2. The number of benzene rings is 2. The third-order valence-electron chi connectivity index (χ3n) is 2.85. The SMILES string of the molecule is N#Cc1cc([N+](=O)[O-])ccc1Oc1ccc(CCO)cc1. The Balaban J connectivity index is 2.23. The molecule has 0 atom stereocenters. The van der Waals surface area contributed by atoms with Crippen LogP contribution in [0.5, 0.6) is 11.5 Å². The van der Waals surface area contributed by atoms with Crippen molar-refractivity contribution < 1.29 is 14.8 Å². The third-order valence-corrected chi connectivity index (χ3v) is 2.85. The summed E-state index contributed by atoms with van der Waals surface area (Å²) in [7, 11) is 0. The van der Waals surface area contributed by atoms with Gasteiger partial charge < -0.3 is 9.84 Å². The predicted molar refractivity (Wildman–Crippen MR) is 75.1 cm³/mol. The van der Waals surface area contributed by atoms with Gasteiger partial charge in [-0.2, -0.15) is 5.26 Å². The fraction of sp³-hybridized carbons (Fsp3) is 0.133. The molecule has 2 aromatic rings. The molecule has 0 aromatic heterocycles. The van der Waals surface area contributed by atoms with Crippen LogP contribution in [0.2, 0.25) is 0 Å². The van der Waals surface area contributed by atoms with Crippen molar-refractivity contribution in [3.05, 3.63) is 63.7 Å². The quantitative estimate of drug-likeness (QED) is 0.672. The van der Waals surface area contributed by atoms with Gasteiger partial charge in [0.2, 0.25) is 0 Å². The lowest BCUT2D eigenvalue weighted by molar-refractivity contribution is -0.384. The first kappa shape index (κ1) is 14.5. The van der Waals surface area contributed by atoms with Crippen molar-refractivity contribution >= 4 is 5.69 Å². The lowest BCUT2D eigenvalue weighted by atomic mass is 10.1. The number of ether oxygens (including phenoxy) is 1. The molecule has 0 aliphatic heterocycles. The smallest absolute Gasteiger partial charge is 0.271 e. The van der Waals surface area contributed by atoms with Crippen LogP contribution >= 0.6 is 0 Å². The molecule has 0 saturated carbocycles. The molecule has 2 aromatic carbocycles. The molecular formula is C15H12N2O4. The second kappa shape index (κ2) is 6.50. The van der Waals surface area contributed by atoms with Crippen LogP contribution < -0.4 is 4.74 Å². The number of rotatable bonds is 5. The second-order valence-corrected chi connectivity index (χ2v) is 4.27. The molecule has 0 aliphatic carbocycles. The van der Waals surface area contributed by atoms with Gasteiger partial charge in [-0.15, -0.1) is 0 Å². The number of nitriles is 1. The van der Waals surface area contributed by atoms with E-state index in [1.165, 1.54) is 18.2 Å². The predicted octanol–water partition coefficient (Wildman–Crippen LogP) is 2.79. The van der Waals surface area contributed by atoms with E-state index in [1.54, 1.807) is 12.1 Å². The van der Waals surface area contributed by atoms with Gasteiger partial charge in [0.05, 0.1) is 4.92 Å². The van der Waals surface area contributed by atoms with E-state index in [0.717, 1.165) is 5.56 Å². The summed E-state index contributed by atoms with van der Waals surface area (Å²) in [6.07, 6.45) is 0.557. The molecule has 0 unspecified atom stereocenters. The first-order valence-corrected chi connectivity index (χ1v) is 6.20. The molecule has 0 spiro atoms. The average Bonchev–Trinajstić information content (AvgIpc) is 2.49. The maximum absolute atomic E-state index is 10.7. The molecule has 21 heavy (non-hydrogen) atoms. The standard InChI is InChI=1S/C15H12N2O4/c16-10-12-9-13(17(19)20)3-6-15(12)21-14-4-1-11(2-5-14)7-8-18/h1-6,9,18H,7-8H2. The Labute approximate surface area is 121 Å². The summed E-state index contributed by atoms with van der Waals surface area (Å²) in [5, 5.41) is 28.5. The molecule has 0 aliphatic rings. The van der Waals surface area contributed by atoms with E-state index in [9.17, 15) is 10.1 Å². The lowest BCUT2D eigenvalue weighted by Crippen LogP contribution is -1.93. The van der Waals surface area contributed by atoms with Crippen LogP contribution in [-0.2, 0) is 6.42 Å². The summed E-state index contributed by atoms with van der Waals surface area (Å²) >= 11 is 0. The highest BCUT2D eigenvalue weighted by Gasteiger charge is 2.12. The van der Waals surface area contributed by atoms with Crippen molar-refractivity contribution in [1.29, 1.82) is 5.26 Å². The van der Waals surface area contributed by atoms with Gasteiger partial charge in [0.15, 0.2) is 0 Å². The maximum Gasteiger partial charge on any atom is 0.271 e. The first-order chi connectivity index (χ1) is 10.1. The van der Waals surface area contributed by atoms with Gasteiger partial charge in [0.25, 0.3) is 5.69 Å². The van der Waals surface area contributed by atoms with Crippen LogP contribution in [0.1, 0.15) is 11.1 Å². The minimum absolute atomic E-state index is 0.0706. The van der Waals surface area contributed by atoms with Crippen molar-refractivity contribution in [2.24, 2.45) is 0 Å². The summed E-state index contributed by atoms with van der Waals surface area (Å²) in [4.78, 5) is 10.1. The molecule has 0 saturated heterocycles. The van der Waals surface area contributed by atoms with E-state index >= 15 is 0 Å². The van der Waals surface area contributed by atoms with Gasteiger partial charge in [-0.1, -0.05) is 12.1 Å². The molecule has 0 bridgehead atoms. The van der Waals surface area contributed by atoms with E-state index in [4.69, 9.17) is 15.1 Å². The van der Waals surface area contributed by atoms with Crippen molar-refractivity contribution in [3.8, 4) is 17.6 Å². The van der Waals surface area contributed by atoms with Crippen LogP contribution in [0, 0.1) is 21.4 Å². The molecule has 1 N–H and O–H groups in total. The zero-order valence-electron chi connectivity index (χ0n) is 11.0. The molecule has 0 radical (unpaired) electrons. The molecule has 0 amide bonds. The number of nitrogens with zero attached hydrogens (tertiary/aromatic N) is 2. The van der Waals surface area contributed by atoms with Gasteiger partial charge in [0.1, 0.15) is 23.1 Å². The Morgan fingerprint density at radius 3 is 2.52 bits per heavy atom. The normalized spacial score (nSPS) is 9.90. The monoisotopic (exact) mass is 284 g/mol. The average molecular weight is 284 g/mol. The van der Waals surface area contributed by atoms with Crippen LogP contribution in [0.15, 0.2) is 42.5 Å². The molecule has 6 heteroatoms. The van der Waals surface area contributed by atoms with Crippen LogP contribution in [0.4, 0.5) is 5.69 Å². The van der Waals surface area contributed by atoms with E-state index in [0.29, 0.717) is 12.2 Å². The van der Waals surface area contributed by atoms with Gasteiger partial charge >= 0.3 is 0 Å². The summed E-state index contributed by atoms with van der Waals surface area (Å²) in [6.45, 7) is 0.0706. The minimum atomic E-state index is -0.561. The second-order valence-electron chi connectivity index (χ2n) is 4.27. The highest BCUT2D eigenvalue weighted by atomic mass is 16.6. The fourth-order valence-electron chi connectivity index (χ4n) is 1.79. The van der Waals surface area contributed by atoms with Crippen molar-refractivity contribution in [3.63, 3.8) is 0 Å². The van der Waals surface area contributed by atoms with Crippen LogP contribution in [0.3, 0.4) is 0 Å². The fourth-order valence-corrected chi connectivity index (χ4v) is 1.79. The third kappa shape index (κ3) is 3.55. The molecule has 2 rings (SSSR count). The molecule has 6 nitrogen and oxygen atoms in total. The maximum atomic E-state index is 10.7. The minimum Gasteiger partial charge on any atom is -0.456 e. The Hall–Kier alpha value is -2.91. The lowest BCUT2D eigenvalue weighted by Gasteiger charge is -2.08. The number of hydrogen-bond donors (Lipinski definition) is 1. The summed E-state index contributed by atoms with van der Waals surface area (Å²) in [5.74, 6) is 0.778. The van der Waals surface area contributed by atoms with E-state index in [-0.39, 0.29) is 23.6 Å². The van der Waals surface area contributed by atoms with E-state index < -0.39 is 4.92 Å². The van der Waals surface area contributed by atoms with Crippen molar-refractivity contribution in [2.75, 3.05) is 6.61 Å². The Kier molecular flexibility index (Phi) is 4.49.